The first kappa shape index (κ1) is 26.0. The minimum atomic E-state index is -0.677. The summed E-state index contributed by atoms with van der Waals surface area (Å²) in [6, 6.07) is 12.1. The van der Waals surface area contributed by atoms with Crippen LogP contribution in [0.25, 0.3) is 0 Å². The second-order valence-corrected chi connectivity index (χ2v) is 9.14. The van der Waals surface area contributed by atoms with Gasteiger partial charge in [-0.25, -0.2) is 0 Å². The van der Waals surface area contributed by atoms with E-state index in [0.717, 1.165) is 0 Å². The molecular formula is C25H32Cl2N2O3. The van der Waals surface area contributed by atoms with E-state index >= 15 is 0 Å². The van der Waals surface area contributed by atoms with Crippen molar-refractivity contribution < 1.29 is 14.3 Å². The van der Waals surface area contributed by atoms with Crippen LogP contribution in [0.2, 0.25) is 10.0 Å². The Hall–Kier alpha value is -2.24. The van der Waals surface area contributed by atoms with Crippen LogP contribution in [0, 0.1) is 0 Å². The fourth-order valence-corrected chi connectivity index (χ4v) is 3.85. The van der Waals surface area contributed by atoms with Crippen LogP contribution in [0.4, 0.5) is 0 Å². The third-order valence-corrected chi connectivity index (χ3v) is 5.82. The van der Waals surface area contributed by atoms with Gasteiger partial charge < -0.3 is 15.0 Å². The molecule has 32 heavy (non-hydrogen) atoms. The van der Waals surface area contributed by atoms with Gasteiger partial charge in [0.2, 0.25) is 5.91 Å². The van der Waals surface area contributed by atoms with Crippen molar-refractivity contribution in [3.63, 3.8) is 0 Å². The molecule has 1 N–H and O–H groups in total. The molecule has 0 aliphatic carbocycles. The molecule has 2 rings (SSSR count). The first-order valence-corrected chi connectivity index (χ1v) is 11.6. The lowest BCUT2D eigenvalue weighted by Crippen LogP contribution is -2.51. The molecule has 7 heteroatoms. The molecule has 0 spiro atoms. The molecule has 2 aromatic carbocycles. The van der Waals surface area contributed by atoms with Gasteiger partial charge in [-0.2, -0.15) is 0 Å². The summed E-state index contributed by atoms with van der Waals surface area (Å²) >= 11 is 12.7. The van der Waals surface area contributed by atoms with Crippen molar-refractivity contribution in [2.75, 3.05) is 6.61 Å². The molecule has 0 aliphatic rings. The predicted molar refractivity (Wildman–Crippen MR) is 130 cm³/mol. The smallest absolute Gasteiger partial charge is 0.261 e. The second-order valence-electron chi connectivity index (χ2n) is 8.32. The Kier molecular flexibility index (Phi) is 9.85. The van der Waals surface area contributed by atoms with Crippen molar-refractivity contribution in [1.29, 1.82) is 0 Å². The van der Waals surface area contributed by atoms with Crippen molar-refractivity contribution in [1.82, 2.24) is 10.2 Å². The number of rotatable bonds is 10. The van der Waals surface area contributed by atoms with Gasteiger partial charge in [-0.1, -0.05) is 62.2 Å². The van der Waals surface area contributed by atoms with Crippen LogP contribution >= 0.6 is 23.2 Å². The Balaban J connectivity index is 2.25. The first-order chi connectivity index (χ1) is 15.1. The van der Waals surface area contributed by atoms with Gasteiger partial charge in [0.05, 0.1) is 0 Å². The summed E-state index contributed by atoms with van der Waals surface area (Å²) in [5, 5.41) is 3.78. The number of hydrogen-bond donors (Lipinski definition) is 1. The normalized spacial score (nSPS) is 12.0. The molecular weight excluding hydrogens is 447 g/mol. The maximum absolute atomic E-state index is 13.2. The summed E-state index contributed by atoms with van der Waals surface area (Å²) in [7, 11) is 0. The number of benzene rings is 2. The Morgan fingerprint density at radius 1 is 1.00 bits per heavy atom. The summed E-state index contributed by atoms with van der Waals surface area (Å²) in [4.78, 5) is 27.6. The zero-order valence-corrected chi connectivity index (χ0v) is 20.8. The van der Waals surface area contributed by atoms with E-state index in [1.165, 1.54) is 10.5 Å². The Morgan fingerprint density at radius 3 is 2.09 bits per heavy atom. The minimum absolute atomic E-state index is 0.0480. The number of carbonyl (C=O) groups is 2. The monoisotopic (exact) mass is 478 g/mol. The van der Waals surface area contributed by atoms with Crippen molar-refractivity contribution in [3.8, 4) is 5.75 Å². The maximum Gasteiger partial charge on any atom is 0.261 e. The summed E-state index contributed by atoms with van der Waals surface area (Å²) in [6.45, 7) is 9.77. The Labute approximate surface area is 201 Å². The lowest BCUT2D eigenvalue weighted by molar-refractivity contribution is -0.143. The van der Waals surface area contributed by atoms with Crippen LogP contribution in [0.3, 0.4) is 0 Å². The number of halogens is 2. The summed E-state index contributed by atoms with van der Waals surface area (Å²) in [6.07, 6.45) is 0.440. The zero-order valence-electron chi connectivity index (χ0n) is 19.3. The second kappa shape index (κ2) is 12.1. The van der Waals surface area contributed by atoms with Crippen molar-refractivity contribution in [2.45, 2.75) is 65.6 Å². The van der Waals surface area contributed by atoms with E-state index in [1.807, 2.05) is 45.0 Å². The SMILES string of the molecule is CC[C@@H](C(=O)NC(C)C)N(Cc1c(Cl)cccc1Cl)C(=O)COc1ccc(C(C)C)cc1. The van der Waals surface area contributed by atoms with Gasteiger partial charge in [0.25, 0.3) is 5.91 Å². The van der Waals surface area contributed by atoms with Gasteiger partial charge in [0.1, 0.15) is 11.8 Å². The molecule has 0 saturated heterocycles. The third kappa shape index (κ3) is 7.14. The molecule has 0 aromatic heterocycles. The molecule has 0 heterocycles. The number of amides is 2. The van der Waals surface area contributed by atoms with Gasteiger partial charge in [0, 0.05) is 28.2 Å². The highest BCUT2D eigenvalue weighted by molar-refractivity contribution is 6.36. The molecule has 0 radical (unpaired) electrons. The van der Waals surface area contributed by atoms with Gasteiger partial charge in [-0.05, 0) is 56.0 Å². The molecule has 2 aromatic rings. The fraction of sp³-hybridized carbons (Fsp3) is 0.440. The Morgan fingerprint density at radius 2 is 1.59 bits per heavy atom. The molecule has 1 atom stereocenters. The highest BCUT2D eigenvalue weighted by atomic mass is 35.5. The molecule has 2 amide bonds. The maximum atomic E-state index is 13.2. The molecule has 5 nitrogen and oxygen atoms in total. The van der Waals surface area contributed by atoms with Crippen LogP contribution in [0.5, 0.6) is 5.75 Å². The van der Waals surface area contributed by atoms with Crippen LogP contribution < -0.4 is 10.1 Å². The van der Waals surface area contributed by atoms with Crippen LogP contribution in [0.1, 0.15) is 58.1 Å². The van der Waals surface area contributed by atoms with Crippen molar-refractivity contribution in [2.24, 2.45) is 0 Å². The quantitative estimate of drug-likeness (QED) is 0.467. The van der Waals surface area contributed by atoms with Gasteiger partial charge in [-0.15, -0.1) is 0 Å². The topological polar surface area (TPSA) is 58.6 Å². The fourth-order valence-electron chi connectivity index (χ4n) is 3.33. The van der Waals surface area contributed by atoms with E-state index in [4.69, 9.17) is 27.9 Å². The van der Waals surface area contributed by atoms with Gasteiger partial charge in [0.15, 0.2) is 6.61 Å². The first-order valence-electron chi connectivity index (χ1n) is 10.9. The molecule has 0 saturated carbocycles. The van der Waals surface area contributed by atoms with Gasteiger partial charge in [-0.3, -0.25) is 9.59 Å². The van der Waals surface area contributed by atoms with E-state index < -0.39 is 6.04 Å². The highest BCUT2D eigenvalue weighted by Gasteiger charge is 2.30. The highest BCUT2D eigenvalue weighted by Crippen LogP contribution is 2.27. The van der Waals surface area contributed by atoms with E-state index in [1.54, 1.807) is 18.2 Å². The number of hydrogen-bond acceptors (Lipinski definition) is 3. The number of nitrogens with zero attached hydrogens (tertiary/aromatic N) is 1. The largest absolute Gasteiger partial charge is 0.484 e. The van der Waals surface area contributed by atoms with Gasteiger partial charge >= 0.3 is 0 Å². The van der Waals surface area contributed by atoms with Crippen LogP contribution in [-0.2, 0) is 16.1 Å². The molecule has 0 unspecified atom stereocenters. The number of ether oxygens (including phenoxy) is 1. The van der Waals surface area contributed by atoms with E-state index in [2.05, 4.69) is 19.2 Å². The number of carbonyl (C=O) groups excluding carboxylic acids is 2. The lowest BCUT2D eigenvalue weighted by Gasteiger charge is -2.31. The standard InChI is InChI=1S/C25H32Cl2N2O3/c1-6-23(25(31)28-17(4)5)29(14-20-21(26)8-7-9-22(20)27)24(30)15-32-19-12-10-18(11-13-19)16(2)3/h7-13,16-17,23H,6,14-15H2,1-5H3,(H,28,31)/t23-/m0/s1. The zero-order chi connectivity index (χ0) is 23.8. The predicted octanol–water partition coefficient (Wildman–Crippen LogP) is 5.83. The summed E-state index contributed by atoms with van der Waals surface area (Å²) in [5.41, 5.74) is 1.79. The molecule has 174 valence electrons. The van der Waals surface area contributed by atoms with Crippen molar-refractivity contribution in [3.05, 3.63) is 63.6 Å². The van der Waals surface area contributed by atoms with Crippen LogP contribution in [-0.4, -0.2) is 35.4 Å². The molecule has 0 aliphatic heterocycles. The Bertz CT molecular complexity index is 894. The molecule has 0 fully saturated rings. The minimum Gasteiger partial charge on any atom is -0.484 e. The average molecular weight is 479 g/mol. The van der Waals surface area contributed by atoms with Crippen LogP contribution in [0.15, 0.2) is 42.5 Å². The number of nitrogens with one attached hydrogen (secondary N) is 1. The van der Waals surface area contributed by atoms with Crippen molar-refractivity contribution >= 4 is 35.0 Å². The van der Waals surface area contributed by atoms with E-state index in [0.29, 0.717) is 33.7 Å². The summed E-state index contributed by atoms with van der Waals surface area (Å²) in [5.74, 6) is 0.462. The summed E-state index contributed by atoms with van der Waals surface area (Å²) < 4.78 is 5.75. The van der Waals surface area contributed by atoms with E-state index in [-0.39, 0.29) is 31.0 Å². The molecule has 0 bridgehead atoms. The third-order valence-electron chi connectivity index (χ3n) is 5.12. The average Bonchev–Trinajstić information content (AvgIpc) is 2.73. The lowest BCUT2D eigenvalue weighted by atomic mass is 10.0. The van der Waals surface area contributed by atoms with E-state index in [9.17, 15) is 9.59 Å².